The van der Waals surface area contributed by atoms with Crippen molar-refractivity contribution < 1.29 is 0 Å². The Kier molecular flexibility index (Phi) is 3.75. The Hall–Kier alpha value is -1.62. The van der Waals surface area contributed by atoms with E-state index in [9.17, 15) is 0 Å². The van der Waals surface area contributed by atoms with Crippen molar-refractivity contribution in [1.29, 1.82) is 0 Å². The summed E-state index contributed by atoms with van der Waals surface area (Å²) < 4.78 is 1.80. The van der Waals surface area contributed by atoms with Crippen LogP contribution in [0.5, 0.6) is 0 Å². The predicted molar refractivity (Wildman–Crippen MR) is 76.7 cm³/mol. The highest BCUT2D eigenvalue weighted by Crippen LogP contribution is 2.27. The lowest BCUT2D eigenvalue weighted by Gasteiger charge is -2.22. The maximum Gasteiger partial charge on any atom is 0.182 e. The molecule has 1 aromatic carbocycles. The molecule has 0 saturated heterocycles. The van der Waals surface area contributed by atoms with E-state index >= 15 is 0 Å². The number of rotatable bonds is 4. The van der Waals surface area contributed by atoms with E-state index in [4.69, 9.17) is 17.3 Å². The van der Waals surface area contributed by atoms with E-state index in [1.807, 2.05) is 12.1 Å². The number of hydrogen-bond donors (Lipinski definition) is 1. The molecular formula is C13H18ClN5. The molecular weight excluding hydrogens is 262 g/mol. The molecule has 0 aliphatic carbocycles. The van der Waals surface area contributed by atoms with Crippen LogP contribution in [0.3, 0.4) is 0 Å². The van der Waals surface area contributed by atoms with Gasteiger partial charge in [0.25, 0.3) is 0 Å². The molecule has 5 nitrogen and oxygen atoms in total. The first-order chi connectivity index (χ1) is 8.91. The molecule has 0 aliphatic rings. The van der Waals surface area contributed by atoms with Crippen molar-refractivity contribution in [3.8, 4) is 11.4 Å². The van der Waals surface area contributed by atoms with Gasteiger partial charge in [-0.2, -0.15) is 0 Å². The van der Waals surface area contributed by atoms with Crippen molar-refractivity contribution in [3.63, 3.8) is 0 Å². The van der Waals surface area contributed by atoms with Gasteiger partial charge in [0.1, 0.15) is 0 Å². The Bertz CT molecular complexity index is 556. The molecule has 0 atom stereocenters. The van der Waals surface area contributed by atoms with Gasteiger partial charge in [0, 0.05) is 16.3 Å². The molecule has 2 aromatic rings. The predicted octanol–water partition coefficient (Wildman–Crippen LogP) is 3.01. The molecule has 6 heteroatoms. The van der Waals surface area contributed by atoms with Crippen molar-refractivity contribution in [2.45, 2.75) is 33.7 Å². The van der Waals surface area contributed by atoms with Gasteiger partial charge in [0.2, 0.25) is 0 Å². The van der Waals surface area contributed by atoms with Crippen molar-refractivity contribution in [2.75, 3.05) is 5.73 Å². The van der Waals surface area contributed by atoms with Crippen LogP contribution in [-0.2, 0) is 6.54 Å². The van der Waals surface area contributed by atoms with E-state index in [0.717, 1.165) is 18.5 Å². The molecule has 0 bridgehead atoms. The SMILES string of the molecule is CCC(C)(C)Cn1nnnc1-c1cc(N)cc(Cl)c1. The van der Waals surface area contributed by atoms with Crippen molar-refractivity contribution in [1.82, 2.24) is 20.2 Å². The minimum Gasteiger partial charge on any atom is -0.399 e. The van der Waals surface area contributed by atoms with Crippen LogP contribution in [0.1, 0.15) is 27.2 Å². The van der Waals surface area contributed by atoms with Crippen LogP contribution in [-0.4, -0.2) is 20.2 Å². The monoisotopic (exact) mass is 279 g/mol. The Morgan fingerprint density at radius 1 is 1.32 bits per heavy atom. The van der Waals surface area contributed by atoms with Gasteiger partial charge in [-0.05, 0) is 40.5 Å². The number of aromatic nitrogens is 4. The van der Waals surface area contributed by atoms with Crippen LogP contribution in [0.25, 0.3) is 11.4 Å². The first-order valence-corrected chi connectivity index (χ1v) is 6.62. The molecule has 0 saturated carbocycles. The summed E-state index contributed by atoms with van der Waals surface area (Å²) in [5.41, 5.74) is 7.38. The minimum atomic E-state index is 0.133. The minimum absolute atomic E-state index is 0.133. The lowest BCUT2D eigenvalue weighted by molar-refractivity contribution is 0.279. The Labute approximate surface area is 117 Å². The molecule has 2 N–H and O–H groups in total. The molecule has 1 aromatic heterocycles. The molecule has 0 aliphatic heterocycles. The number of benzene rings is 1. The number of nitrogen functional groups attached to an aromatic ring is 1. The zero-order chi connectivity index (χ0) is 14.0. The third kappa shape index (κ3) is 3.23. The molecule has 1 heterocycles. The van der Waals surface area contributed by atoms with E-state index < -0.39 is 0 Å². The van der Waals surface area contributed by atoms with E-state index in [1.165, 1.54) is 0 Å². The summed E-state index contributed by atoms with van der Waals surface area (Å²) in [7, 11) is 0. The van der Waals surface area contributed by atoms with Gasteiger partial charge in [0.05, 0.1) is 6.54 Å². The summed E-state index contributed by atoms with van der Waals surface area (Å²) >= 11 is 6.02. The fourth-order valence-corrected chi connectivity index (χ4v) is 2.02. The van der Waals surface area contributed by atoms with Gasteiger partial charge < -0.3 is 5.73 Å². The number of halogens is 1. The summed E-state index contributed by atoms with van der Waals surface area (Å²) in [5, 5.41) is 12.5. The second-order valence-corrected chi connectivity index (χ2v) is 5.89. The highest BCUT2D eigenvalue weighted by molar-refractivity contribution is 6.31. The van der Waals surface area contributed by atoms with E-state index in [2.05, 4.69) is 36.3 Å². The molecule has 102 valence electrons. The molecule has 0 radical (unpaired) electrons. The van der Waals surface area contributed by atoms with Gasteiger partial charge in [-0.15, -0.1) is 5.10 Å². The summed E-state index contributed by atoms with van der Waals surface area (Å²) in [6.45, 7) is 7.27. The topological polar surface area (TPSA) is 69.6 Å². The molecule has 2 rings (SSSR count). The van der Waals surface area contributed by atoms with E-state index in [-0.39, 0.29) is 5.41 Å². The fourth-order valence-electron chi connectivity index (χ4n) is 1.78. The maximum atomic E-state index is 6.02. The lowest BCUT2D eigenvalue weighted by atomic mass is 9.90. The molecule has 19 heavy (non-hydrogen) atoms. The average molecular weight is 280 g/mol. The molecule has 0 spiro atoms. The standard InChI is InChI=1S/C13H18ClN5/c1-4-13(2,3)8-19-12(16-17-18-19)9-5-10(14)7-11(15)6-9/h5-7H,4,8,15H2,1-3H3. The number of nitrogens with two attached hydrogens (primary N) is 1. The third-order valence-corrected chi connectivity index (χ3v) is 3.46. The van der Waals surface area contributed by atoms with Crippen LogP contribution >= 0.6 is 11.6 Å². The van der Waals surface area contributed by atoms with Gasteiger partial charge >= 0.3 is 0 Å². The smallest absolute Gasteiger partial charge is 0.182 e. The number of anilines is 1. The average Bonchev–Trinajstić information content (AvgIpc) is 2.75. The van der Waals surface area contributed by atoms with Crippen molar-refractivity contribution in [3.05, 3.63) is 23.2 Å². The lowest BCUT2D eigenvalue weighted by Crippen LogP contribution is -2.20. The van der Waals surface area contributed by atoms with Gasteiger partial charge in [-0.25, -0.2) is 4.68 Å². The normalized spacial score (nSPS) is 11.8. The zero-order valence-corrected chi connectivity index (χ0v) is 12.1. The third-order valence-electron chi connectivity index (χ3n) is 3.25. The van der Waals surface area contributed by atoms with Crippen molar-refractivity contribution >= 4 is 17.3 Å². The van der Waals surface area contributed by atoms with Crippen LogP contribution in [0.2, 0.25) is 5.02 Å². The Morgan fingerprint density at radius 2 is 2.05 bits per heavy atom. The quantitative estimate of drug-likeness (QED) is 0.874. The fraction of sp³-hybridized carbons (Fsp3) is 0.462. The second kappa shape index (κ2) is 5.17. The Morgan fingerprint density at radius 3 is 2.68 bits per heavy atom. The zero-order valence-electron chi connectivity index (χ0n) is 11.4. The summed E-state index contributed by atoms with van der Waals surface area (Å²) in [4.78, 5) is 0. The van der Waals surface area contributed by atoms with Crippen molar-refractivity contribution in [2.24, 2.45) is 5.41 Å². The Balaban J connectivity index is 2.39. The largest absolute Gasteiger partial charge is 0.399 e. The molecule has 0 fully saturated rings. The van der Waals surface area contributed by atoms with Crippen LogP contribution in [0.4, 0.5) is 5.69 Å². The molecule has 0 amide bonds. The van der Waals surface area contributed by atoms with Crippen LogP contribution in [0, 0.1) is 5.41 Å². The second-order valence-electron chi connectivity index (χ2n) is 5.45. The molecule has 0 unspecified atom stereocenters. The highest BCUT2D eigenvalue weighted by Gasteiger charge is 2.20. The van der Waals surface area contributed by atoms with Gasteiger partial charge in [-0.1, -0.05) is 32.4 Å². The van der Waals surface area contributed by atoms with Crippen LogP contribution < -0.4 is 5.73 Å². The summed E-state index contributed by atoms with van der Waals surface area (Å²) in [5.74, 6) is 0.690. The summed E-state index contributed by atoms with van der Waals surface area (Å²) in [6.07, 6.45) is 1.05. The van der Waals surface area contributed by atoms with E-state index in [1.54, 1.807) is 10.7 Å². The summed E-state index contributed by atoms with van der Waals surface area (Å²) in [6, 6.07) is 5.35. The van der Waals surface area contributed by atoms with Gasteiger partial charge in [-0.3, -0.25) is 0 Å². The number of hydrogen-bond acceptors (Lipinski definition) is 4. The maximum absolute atomic E-state index is 6.02. The number of tetrazole rings is 1. The van der Waals surface area contributed by atoms with Crippen LogP contribution in [0.15, 0.2) is 18.2 Å². The van der Waals surface area contributed by atoms with E-state index in [0.29, 0.717) is 16.5 Å². The number of nitrogens with zero attached hydrogens (tertiary/aromatic N) is 4. The van der Waals surface area contributed by atoms with Gasteiger partial charge in [0.15, 0.2) is 5.82 Å². The first-order valence-electron chi connectivity index (χ1n) is 6.24. The highest BCUT2D eigenvalue weighted by atomic mass is 35.5. The first kappa shape index (κ1) is 13.8.